The van der Waals surface area contributed by atoms with Gasteiger partial charge in [-0.25, -0.2) is 19.8 Å². The largest absolute Gasteiger partial charge is 0.382 e. The van der Waals surface area contributed by atoms with Crippen LogP contribution in [-0.2, 0) is 20.7 Å². The summed E-state index contributed by atoms with van der Waals surface area (Å²) in [4.78, 5) is 25.8. The van der Waals surface area contributed by atoms with Gasteiger partial charge in [0.15, 0.2) is 11.5 Å². The molecule has 0 bridgehead atoms. The Labute approximate surface area is 108 Å². The number of imidazole rings is 1. The maximum atomic E-state index is 10.9. The van der Waals surface area contributed by atoms with E-state index in [1.165, 1.54) is 6.33 Å². The number of aromatic nitrogens is 4. The molecule has 2 heterocycles. The Kier molecular flexibility index (Phi) is 3.81. The zero-order valence-corrected chi connectivity index (χ0v) is 11.3. The van der Waals surface area contributed by atoms with E-state index in [1.807, 2.05) is 0 Å². The van der Waals surface area contributed by atoms with Crippen molar-refractivity contribution in [3.63, 3.8) is 0 Å². The minimum Gasteiger partial charge on any atom is -0.382 e. The average molecular weight is 287 g/mol. The SMILES string of the molecule is C[C@H](Cn1cnc2c(N)ncnc21)OOP(C)(=O)O. The molecule has 0 aliphatic rings. The first-order valence-corrected chi connectivity index (χ1v) is 7.46. The number of nitrogen functional groups attached to an aromatic ring is 1. The summed E-state index contributed by atoms with van der Waals surface area (Å²) in [6.07, 6.45) is 2.42. The van der Waals surface area contributed by atoms with Gasteiger partial charge in [-0.2, -0.15) is 0 Å². The molecule has 10 heteroatoms. The van der Waals surface area contributed by atoms with Crippen LogP contribution in [0.2, 0.25) is 0 Å². The van der Waals surface area contributed by atoms with E-state index in [1.54, 1.807) is 17.8 Å². The highest BCUT2D eigenvalue weighted by Crippen LogP contribution is 2.37. The molecule has 0 radical (unpaired) electrons. The second kappa shape index (κ2) is 5.22. The van der Waals surface area contributed by atoms with Gasteiger partial charge in [-0.05, 0) is 6.92 Å². The van der Waals surface area contributed by atoms with Crippen LogP contribution >= 0.6 is 7.60 Å². The zero-order valence-electron chi connectivity index (χ0n) is 10.4. The van der Waals surface area contributed by atoms with Crippen LogP contribution in [-0.4, -0.2) is 37.2 Å². The van der Waals surface area contributed by atoms with Crippen LogP contribution in [0.25, 0.3) is 11.2 Å². The number of hydrogen-bond acceptors (Lipinski definition) is 7. The van der Waals surface area contributed by atoms with Crippen molar-refractivity contribution in [2.24, 2.45) is 0 Å². The fourth-order valence-electron chi connectivity index (χ4n) is 1.49. The molecule has 2 rings (SSSR count). The third-order valence-electron chi connectivity index (χ3n) is 2.23. The van der Waals surface area contributed by atoms with Gasteiger partial charge in [0.1, 0.15) is 17.9 Å². The molecule has 104 valence electrons. The molecule has 0 aromatic carbocycles. The molecule has 3 N–H and O–H groups in total. The normalized spacial score (nSPS) is 16.4. The Morgan fingerprint density at radius 1 is 1.53 bits per heavy atom. The Morgan fingerprint density at radius 2 is 2.26 bits per heavy atom. The summed E-state index contributed by atoms with van der Waals surface area (Å²) >= 11 is 0. The fraction of sp³-hybridized carbons (Fsp3) is 0.444. The minimum absolute atomic E-state index is 0.294. The molecule has 9 nitrogen and oxygen atoms in total. The van der Waals surface area contributed by atoms with E-state index in [9.17, 15) is 4.57 Å². The monoisotopic (exact) mass is 287 g/mol. The van der Waals surface area contributed by atoms with E-state index in [4.69, 9.17) is 15.5 Å². The second-order valence-corrected chi connectivity index (χ2v) is 5.87. The summed E-state index contributed by atoms with van der Waals surface area (Å²) in [6, 6.07) is 0. The number of rotatable bonds is 5. The molecule has 2 aromatic rings. The zero-order chi connectivity index (χ0) is 14.0. The van der Waals surface area contributed by atoms with Crippen LogP contribution in [0.15, 0.2) is 12.7 Å². The fourth-order valence-corrected chi connectivity index (χ4v) is 1.80. The van der Waals surface area contributed by atoms with Crippen LogP contribution in [0.1, 0.15) is 6.92 Å². The first kappa shape index (κ1) is 13.9. The minimum atomic E-state index is -3.66. The van der Waals surface area contributed by atoms with Crippen molar-refractivity contribution in [1.82, 2.24) is 19.5 Å². The second-order valence-electron chi connectivity index (χ2n) is 4.11. The predicted molar refractivity (Wildman–Crippen MR) is 67.1 cm³/mol. The lowest BCUT2D eigenvalue weighted by atomic mass is 10.4. The number of hydrogen-bond donors (Lipinski definition) is 2. The van der Waals surface area contributed by atoms with Gasteiger partial charge in [0.05, 0.1) is 12.9 Å². The Balaban J connectivity index is 2.09. The van der Waals surface area contributed by atoms with Gasteiger partial charge in [-0.15, -0.1) is 4.67 Å². The predicted octanol–water partition coefficient (Wildman–Crippen LogP) is 0.560. The number of nitrogens with zero attached hydrogens (tertiary/aromatic N) is 4. The molecule has 0 aliphatic carbocycles. The maximum Gasteiger partial charge on any atom is 0.352 e. The number of anilines is 1. The lowest BCUT2D eigenvalue weighted by Crippen LogP contribution is -2.16. The highest BCUT2D eigenvalue weighted by Gasteiger charge is 2.16. The molecule has 19 heavy (non-hydrogen) atoms. The molecular weight excluding hydrogens is 273 g/mol. The van der Waals surface area contributed by atoms with Crippen molar-refractivity contribution < 1.29 is 19.0 Å². The van der Waals surface area contributed by atoms with Crippen LogP contribution in [0.5, 0.6) is 0 Å². The lowest BCUT2D eigenvalue weighted by Gasteiger charge is -2.13. The summed E-state index contributed by atoms with van der Waals surface area (Å²) in [5.41, 5.74) is 6.72. The van der Waals surface area contributed by atoms with Gasteiger partial charge >= 0.3 is 7.60 Å². The Morgan fingerprint density at radius 3 is 2.95 bits per heavy atom. The molecule has 2 atom stereocenters. The van der Waals surface area contributed by atoms with E-state index in [-0.39, 0.29) is 0 Å². The van der Waals surface area contributed by atoms with Crippen LogP contribution in [0.3, 0.4) is 0 Å². The molecule has 0 spiro atoms. The first-order valence-electron chi connectivity index (χ1n) is 5.43. The van der Waals surface area contributed by atoms with Gasteiger partial charge < -0.3 is 15.2 Å². The van der Waals surface area contributed by atoms with E-state index in [0.717, 1.165) is 6.66 Å². The van der Waals surface area contributed by atoms with E-state index in [0.29, 0.717) is 23.5 Å². The van der Waals surface area contributed by atoms with Gasteiger partial charge in [0, 0.05) is 6.66 Å². The van der Waals surface area contributed by atoms with E-state index in [2.05, 4.69) is 19.6 Å². The molecule has 0 saturated carbocycles. The van der Waals surface area contributed by atoms with Crippen molar-refractivity contribution in [3.8, 4) is 0 Å². The number of fused-ring (bicyclic) bond motifs is 1. The first-order chi connectivity index (χ1) is 8.87. The van der Waals surface area contributed by atoms with Crippen molar-refractivity contribution in [2.75, 3.05) is 12.4 Å². The van der Waals surface area contributed by atoms with E-state index >= 15 is 0 Å². The summed E-state index contributed by atoms with van der Waals surface area (Å²) < 4.78 is 17.0. The molecule has 1 unspecified atom stereocenters. The lowest BCUT2D eigenvalue weighted by molar-refractivity contribution is -0.247. The maximum absolute atomic E-state index is 10.9. The van der Waals surface area contributed by atoms with Gasteiger partial charge in [-0.3, -0.25) is 4.57 Å². The molecule has 0 aliphatic heterocycles. The van der Waals surface area contributed by atoms with Gasteiger partial charge in [0.25, 0.3) is 0 Å². The van der Waals surface area contributed by atoms with Crippen molar-refractivity contribution in [1.29, 1.82) is 0 Å². The highest BCUT2D eigenvalue weighted by molar-refractivity contribution is 7.51. The third kappa shape index (κ3) is 3.48. The molecular formula is C9H14N5O4P. The molecule has 0 saturated heterocycles. The van der Waals surface area contributed by atoms with Crippen LogP contribution < -0.4 is 5.73 Å². The average Bonchev–Trinajstić information content (AvgIpc) is 2.71. The van der Waals surface area contributed by atoms with E-state index < -0.39 is 13.7 Å². The topological polar surface area (TPSA) is 125 Å². The third-order valence-corrected chi connectivity index (χ3v) is 2.59. The smallest absolute Gasteiger partial charge is 0.352 e. The molecule has 0 fully saturated rings. The number of nitrogens with two attached hydrogens (primary N) is 1. The van der Waals surface area contributed by atoms with Crippen molar-refractivity contribution in [3.05, 3.63) is 12.7 Å². The summed E-state index contributed by atoms with van der Waals surface area (Å²) in [6.45, 7) is 3.07. The van der Waals surface area contributed by atoms with Crippen LogP contribution in [0.4, 0.5) is 5.82 Å². The molecule has 2 aromatic heterocycles. The Bertz CT molecular complexity index is 624. The summed E-state index contributed by atoms with van der Waals surface area (Å²) in [7, 11) is -3.66. The quantitative estimate of drug-likeness (QED) is 0.464. The van der Waals surface area contributed by atoms with Gasteiger partial charge in [0.2, 0.25) is 0 Å². The molecule has 0 amide bonds. The highest BCUT2D eigenvalue weighted by atomic mass is 31.2. The summed E-state index contributed by atoms with van der Waals surface area (Å²) in [5.74, 6) is 0.294. The standard InChI is InChI=1S/C9H14N5O4P/c1-6(17-18-19(2,15)16)3-14-5-13-7-8(10)11-4-12-9(7)14/h4-6H,3H2,1-2H3,(H,15,16)(H2,10,11,12)/t6-/m1/s1. The van der Waals surface area contributed by atoms with Gasteiger partial charge in [-0.1, -0.05) is 0 Å². The summed E-state index contributed by atoms with van der Waals surface area (Å²) in [5, 5.41) is 0. The van der Waals surface area contributed by atoms with Crippen molar-refractivity contribution in [2.45, 2.75) is 19.6 Å². The Hall–Kier alpha value is -1.54. The van der Waals surface area contributed by atoms with Crippen LogP contribution in [0, 0.1) is 0 Å². The van der Waals surface area contributed by atoms with Crippen molar-refractivity contribution >= 4 is 24.6 Å².